The number of carbonyl (C=O) groups excluding carboxylic acids is 1. The Balaban J connectivity index is 1.84. The van der Waals surface area contributed by atoms with Gasteiger partial charge in [0.1, 0.15) is 5.75 Å². The predicted molar refractivity (Wildman–Crippen MR) is 133 cm³/mol. The maximum atomic E-state index is 13.5. The van der Waals surface area contributed by atoms with E-state index in [1.165, 1.54) is 23.4 Å². The van der Waals surface area contributed by atoms with Gasteiger partial charge >= 0.3 is 5.69 Å². The first-order valence-electron chi connectivity index (χ1n) is 11.1. The maximum absolute atomic E-state index is 13.5. The number of hydrogen-bond acceptors (Lipinski definition) is 6. The molecule has 4 aromatic rings. The Morgan fingerprint density at radius 2 is 1.46 bits per heavy atom. The zero-order valence-corrected chi connectivity index (χ0v) is 19.8. The number of ketones is 1. The van der Waals surface area contributed by atoms with Crippen LogP contribution < -0.4 is 25.5 Å². The van der Waals surface area contributed by atoms with E-state index in [1.54, 1.807) is 43.5 Å². The summed E-state index contributed by atoms with van der Waals surface area (Å²) in [5.41, 5.74) is 0.707. The van der Waals surface area contributed by atoms with Gasteiger partial charge in [0, 0.05) is 18.2 Å². The number of carbonyl (C=O) groups is 1. The number of Topliss-reactive ketones (excluding diaryl/α,β-unsaturated/α-hetero) is 1. The minimum Gasteiger partial charge on any atom is -0.497 e. The first-order chi connectivity index (χ1) is 17.0. The molecule has 0 aliphatic carbocycles. The van der Waals surface area contributed by atoms with Gasteiger partial charge in [-0.3, -0.25) is 18.7 Å². The number of ether oxygens (including phenoxy) is 3. The van der Waals surface area contributed by atoms with Crippen molar-refractivity contribution in [2.24, 2.45) is 0 Å². The van der Waals surface area contributed by atoms with Crippen LogP contribution in [0.4, 0.5) is 0 Å². The second-order valence-electron chi connectivity index (χ2n) is 7.94. The lowest BCUT2D eigenvalue weighted by Gasteiger charge is -2.16. The molecule has 0 bridgehead atoms. The number of aromatic nitrogens is 2. The highest BCUT2D eigenvalue weighted by Crippen LogP contribution is 2.30. The molecule has 0 fully saturated rings. The van der Waals surface area contributed by atoms with E-state index >= 15 is 0 Å². The first-order valence-corrected chi connectivity index (χ1v) is 11.1. The third kappa shape index (κ3) is 4.82. The van der Waals surface area contributed by atoms with Crippen molar-refractivity contribution < 1.29 is 19.0 Å². The molecule has 3 aromatic carbocycles. The van der Waals surface area contributed by atoms with Gasteiger partial charge in [0.25, 0.3) is 5.56 Å². The first kappa shape index (κ1) is 23.8. The van der Waals surface area contributed by atoms with Crippen molar-refractivity contribution in [3.8, 4) is 17.2 Å². The van der Waals surface area contributed by atoms with Gasteiger partial charge in [0.2, 0.25) is 0 Å². The van der Waals surface area contributed by atoms with Gasteiger partial charge in [0.05, 0.1) is 38.8 Å². The smallest absolute Gasteiger partial charge is 0.331 e. The number of fused-ring (bicyclic) bond motifs is 1. The minimum atomic E-state index is -0.562. The number of benzene rings is 3. The third-order valence-electron chi connectivity index (χ3n) is 5.91. The summed E-state index contributed by atoms with van der Waals surface area (Å²) in [6.07, 6.45) is 0.487. The summed E-state index contributed by atoms with van der Waals surface area (Å²) in [7, 11) is 4.49. The van der Waals surface area contributed by atoms with Gasteiger partial charge in [-0.05, 0) is 42.3 Å². The van der Waals surface area contributed by atoms with Gasteiger partial charge in [-0.15, -0.1) is 0 Å². The fourth-order valence-electron chi connectivity index (χ4n) is 3.99. The van der Waals surface area contributed by atoms with Crippen LogP contribution in [0.5, 0.6) is 17.2 Å². The number of aryl methyl sites for hydroxylation is 1. The molecule has 0 amide bonds. The summed E-state index contributed by atoms with van der Waals surface area (Å²) in [5, 5.41) is 0.262. The molecule has 0 aliphatic heterocycles. The van der Waals surface area contributed by atoms with Gasteiger partial charge in [-0.1, -0.05) is 30.3 Å². The van der Waals surface area contributed by atoms with Gasteiger partial charge < -0.3 is 14.2 Å². The maximum Gasteiger partial charge on any atom is 0.331 e. The van der Waals surface area contributed by atoms with E-state index in [0.29, 0.717) is 34.7 Å². The Labute approximate surface area is 201 Å². The van der Waals surface area contributed by atoms with Gasteiger partial charge in [-0.25, -0.2) is 4.79 Å². The zero-order chi connectivity index (χ0) is 24.9. The van der Waals surface area contributed by atoms with Crippen molar-refractivity contribution >= 4 is 16.7 Å². The van der Waals surface area contributed by atoms with Gasteiger partial charge in [-0.2, -0.15) is 0 Å². The van der Waals surface area contributed by atoms with Crippen LogP contribution in [-0.2, 0) is 19.5 Å². The molecule has 8 heteroatoms. The fourth-order valence-corrected chi connectivity index (χ4v) is 3.99. The van der Waals surface area contributed by atoms with E-state index in [4.69, 9.17) is 14.2 Å². The molecule has 35 heavy (non-hydrogen) atoms. The molecule has 0 unspecified atom stereocenters. The molecule has 0 saturated heterocycles. The van der Waals surface area contributed by atoms with Crippen LogP contribution in [0.15, 0.2) is 76.3 Å². The summed E-state index contributed by atoms with van der Waals surface area (Å²) in [6, 6.07) is 19.3. The molecule has 0 saturated carbocycles. The molecule has 0 spiro atoms. The van der Waals surface area contributed by atoms with E-state index in [-0.39, 0.29) is 24.3 Å². The lowest BCUT2D eigenvalue weighted by molar-refractivity contribution is 0.0971. The van der Waals surface area contributed by atoms with E-state index in [2.05, 4.69) is 0 Å². The van der Waals surface area contributed by atoms with Crippen LogP contribution in [0.3, 0.4) is 0 Å². The lowest BCUT2D eigenvalue weighted by atomic mass is 10.1. The Bertz CT molecular complexity index is 1470. The van der Waals surface area contributed by atoms with Crippen LogP contribution >= 0.6 is 0 Å². The average Bonchev–Trinajstić information content (AvgIpc) is 2.90. The van der Waals surface area contributed by atoms with Crippen LogP contribution in [0, 0.1) is 0 Å². The quantitative estimate of drug-likeness (QED) is 0.346. The second-order valence-corrected chi connectivity index (χ2v) is 7.94. The highest BCUT2D eigenvalue weighted by atomic mass is 16.5. The van der Waals surface area contributed by atoms with Crippen molar-refractivity contribution in [1.82, 2.24) is 9.13 Å². The standard InChI is InChI=1S/C27H26N2O6/c1-33-20-11-9-19(10-12-20)23(30)17-29-22-16-25(35-3)24(34-2)15-21(22)26(31)28(27(29)32)14-13-18-7-5-4-6-8-18/h4-12,15-16H,13-14,17H2,1-3H3. The molecular formula is C27H26N2O6. The summed E-state index contributed by atoms with van der Waals surface area (Å²) < 4.78 is 18.4. The molecule has 0 aliphatic rings. The van der Waals surface area contributed by atoms with Crippen LogP contribution in [0.2, 0.25) is 0 Å². The average molecular weight is 475 g/mol. The van der Waals surface area contributed by atoms with Crippen LogP contribution in [0.25, 0.3) is 10.9 Å². The van der Waals surface area contributed by atoms with Crippen molar-refractivity contribution in [2.45, 2.75) is 19.5 Å². The molecule has 0 atom stereocenters. The molecule has 1 aromatic heterocycles. The Morgan fingerprint density at radius 3 is 2.09 bits per heavy atom. The number of methoxy groups -OCH3 is 3. The Kier molecular flexibility index (Phi) is 7.01. The summed E-state index contributed by atoms with van der Waals surface area (Å²) >= 11 is 0. The molecule has 0 N–H and O–H groups in total. The molecule has 0 radical (unpaired) electrons. The van der Waals surface area contributed by atoms with Crippen LogP contribution in [0.1, 0.15) is 15.9 Å². The number of hydrogen-bond donors (Lipinski definition) is 0. The lowest BCUT2D eigenvalue weighted by Crippen LogP contribution is -2.41. The summed E-state index contributed by atoms with van der Waals surface area (Å²) in [6.45, 7) is -0.0779. The largest absolute Gasteiger partial charge is 0.497 e. The SMILES string of the molecule is COc1ccc(C(=O)Cn2c(=O)n(CCc3ccccc3)c(=O)c3cc(OC)c(OC)cc32)cc1. The predicted octanol–water partition coefficient (Wildman–Crippen LogP) is 3.31. The molecule has 1 heterocycles. The minimum absolute atomic E-state index is 0.169. The van der Waals surface area contributed by atoms with Crippen molar-refractivity contribution in [2.75, 3.05) is 21.3 Å². The van der Waals surface area contributed by atoms with Crippen molar-refractivity contribution in [1.29, 1.82) is 0 Å². The highest BCUT2D eigenvalue weighted by molar-refractivity contribution is 5.97. The molecule has 4 rings (SSSR count). The second kappa shape index (κ2) is 10.3. The Morgan fingerprint density at radius 1 is 0.800 bits per heavy atom. The van der Waals surface area contributed by atoms with Gasteiger partial charge in [0.15, 0.2) is 17.3 Å². The number of rotatable bonds is 9. The highest BCUT2D eigenvalue weighted by Gasteiger charge is 2.19. The molecule has 180 valence electrons. The van der Waals surface area contributed by atoms with E-state index in [0.717, 1.165) is 5.56 Å². The summed E-state index contributed by atoms with van der Waals surface area (Å²) in [4.78, 5) is 40.0. The third-order valence-corrected chi connectivity index (χ3v) is 5.91. The zero-order valence-electron chi connectivity index (χ0n) is 19.8. The monoisotopic (exact) mass is 474 g/mol. The topological polar surface area (TPSA) is 88.8 Å². The van der Waals surface area contributed by atoms with E-state index in [1.807, 2.05) is 30.3 Å². The summed E-state index contributed by atoms with van der Waals surface area (Å²) in [5.74, 6) is 1.06. The van der Waals surface area contributed by atoms with E-state index < -0.39 is 11.2 Å². The Hall–Kier alpha value is -4.33. The molecular weight excluding hydrogens is 448 g/mol. The van der Waals surface area contributed by atoms with Crippen molar-refractivity contribution in [3.05, 3.63) is 98.7 Å². The van der Waals surface area contributed by atoms with Crippen molar-refractivity contribution in [3.63, 3.8) is 0 Å². The fraction of sp³-hybridized carbons (Fsp3) is 0.222. The molecule has 8 nitrogen and oxygen atoms in total. The number of nitrogens with zero attached hydrogens (tertiary/aromatic N) is 2. The normalized spacial score (nSPS) is 10.8. The van der Waals surface area contributed by atoms with Crippen LogP contribution in [-0.4, -0.2) is 36.2 Å². The van der Waals surface area contributed by atoms with E-state index in [9.17, 15) is 14.4 Å².